The zero-order valence-corrected chi connectivity index (χ0v) is 11.0. The normalized spacial score (nSPS) is 26.1. The van der Waals surface area contributed by atoms with Gasteiger partial charge in [0.1, 0.15) is 0 Å². The molecule has 2 N–H and O–H groups in total. The number of amides is 1. The minimum atomic E-state index is -0.0338. The molecule has 0 aromatic carbocycles. The van der Waals surface area contributed by atoms with E-state index in [1.54, 1.807) is 11.8 Å². The number of carbonyl (C=O) groups excluding carboxylic acids is 1. The van der Waals surface area contributed by atoms with E-state index >= 15 is 0 Å². The maximum atomic E-state index is 12.4. The summed E-state index contributed by atoms with van der Waals surface area (Å²) in [6, 6.07) is 0.323. The first-order chi connectivity index (χ1) is 8.33. The van der Waals surface area contributed by atoms with Gasteiger partial charge in [-0.05, 0) is 12.8 Å². The van der Waals surface area contributed by atoms with Crippen molar-refractivity contribution in [1.82, 2.24) is 10.2 Å². The molecular weight excluding hydrogens is 236 g/mol. The van der Waals surface area contributed by atoms with Gasteiger partial charge in [-0.1, -0.05) is 19.3 Å². The molecule has 1 atom stereocenters. The van der Waals surface area contributed by atoms with E-state index in [0.717, 1.165) is 24.5 Å². The van der Waals surface area contributed by atoms with Crippen molar-refractivity contribution in [2.75, 3.05) is 24.8 Å². The van der Waals surface area contributed by atoms with Crippen molar-refractivity contribution in [3.8, 4) is 0 Å². The zero-order valence-electron chi connectivity index (χ0n) is 10.2. The third-order valence-corrected chi connectivity index (χ3v) is 4.59. The molecule has 0 aromatic rings. The number of nitrogens with one attached hydrogen (secondary N) is 1. The molecule has 0 aromatic heterocycles. The molecule has 1 heterocycles. The number of aliphatic hydroxyl groups is 1. The van der Waals surface area contributed by atoms with Gasteiger partial charge in [0.05, 0.1) is 12.6 Å². The Hall–Kier alpha value is -0.260. The quantitative estimate of drug-likeness (QED) is 0.783. The van der Waals surface area contributed by atoms with E-state index in [-0.39, 0.29) is 18.6 Å². The number of thioether (sulfide) groups is 1. The van der Waals surface area contributed by atoms with Gasteiger partial charge in [0.2, 0.25) is 5.91 Å². The number of rotatable bonds is 4. The van der Waals surface area contributed by atoms with E-state index in [4.69, 9.17) is 5.11 Å². The smallest absolute Gasteiger partial charge is 0.240 e. The van der Waals surface area contributed by atoms with Gasteiger partial charge < -0.3 is 10.0 Å². The van der Waals surface area contributed by atoms with Crippen molar-refractivity contribution in [1.29, 1.82) is 0 Å². The van der Waals surface area contributed by atoms with Gasteiger partial charge in [-0.2, -0.15) is 0 Å². The van der Waals surface area contributed by atoms with E-state index in [2.05, 4.69) is 5.32 Å². The Balaban J connectivity index is 1.96. The van der Waals surface area contributed by atoms with E-state index in [1.807, 2.05) is 4.90 Å². The van der Waals surface area contributed by atoms with Gasteiger partial charge in [0.15, 0.2) is 0 Å². The molecule has 2 fully saturated rings. The SMILES string of the molecule is O=C(C1CSCN1)N(CCO)C1CCCCC1. The molecule has 1 saturated heterocycles. The molecule has 2 aliphatic rings. The Bertz CT molecular complexity index is 251. The molecule has 0 radical (unpaired) electrons. The fourth-order valence-electron chi connectivity index (χ4n) is 2.73. The van der Waals surface area contributed by atoms with Crippen molar-refractivity contribution < 1.29 is 9.90 Å². The summed E-state index contributed by atoms with van der Waals surface area (Å²) in [5.74, 6) is 1.93. The van der Waals surface area contributed by atoms with E-state index in [1.165, 1.54) is 19.3 Å². The van der Waals surface area contributed by atoms with Crippen LogP contribution in [0.25, 0.3) is 0 Å². The molecule has 4 nitrogen and oxygen atoms in total. The Kier molecular flexibility index (Phi) is 5.13. The summed E-state index contributed by atoms with van der Waals surface area (Å²) in [7, 11) is 0. The van der Waals surface area contributed by atoms with Crippen LogP contribution < -0.4 is 5.32 Å². The van der Waals surface area contributed by atoms with Gasteiger partial charge in [-0.15, -0.1) is 11.8 Å². The van der Waals surface area contributed by atoms with Gasteiger partial charge in [-0.3, -0.25) is 10.1 Å². The summed E-state index contributed by atoms with van der Waals surface area (Å²) < 4.78 is 0. The highest BCUT2D eigenvalue weighted by molar-refractivity contribution is 7.99. The zero-order chi connectivity index (χ0) is 12.1. The number of hydrogen-bond acceptors (Lipinski definition) is 4. The average Bonchev–Trinajstić information content (AvgIpc) is 2.90. The van der Waals surface area contributed by atoms with Crippen LogP contribution in [-0.2, 0) is 4.79 Å². The molecule has 0 bridgehead atoms. The van der Waals surface area contributed by atoms with E-state index < -0.39 is 0 Å². The summed E-state index contributed by atoms with van der Waals surface area (Å²) in [5.41, 5.74) is 0. The predicted molar refractivity (Wildman–Crippen MR) is 69.9 cm³/mol. The molecule has 0 spiro atoms. The third-order valence-electron chi connectivity index (χ3n) is 3.65. The lowest BCUT2D eigenvalue weighted by Crippen LogP contribution is -2.51. The maximum Gasteiger partial charge on any atom is 0.240 e. The second kappa shape index (κ2) is 6.61. The van der Waals surface area contributed by atoms with Crippen LogP contribution in [0, 0.1) is 0 Å². The second-order valence-electron chi connectivity index (χ2n) is 4.82. The highest BCUT2D eigenvalue weighted by Crippen LogP contribution is 2.24. The van der Waals surface area contributed by atoms with Gasteiger partial charge in [-0.25, -0.2) is 0 Å². The molecule has 2 rings (SSSR count). The van der Waals surface area contributed by atoms with Crippen LogP contribution in [0.1, 0.15) is 32.1 Å². The maximum absolute atomic E-state index is 12.4. The average molecular weight is 258 g/mol. The molecule has 1 aliphatic carbocycles. The summed E-state index contributed by atoms with van der Waals surface area (Å²) >= 11 is 1.77. The molecule has 17 heavy (non-hydrogen) atoms. The van der Waals surface area contributed by atoms with Gasteiger partial charge in [0, 0.05) is 24.2 Å². The van der Waals surface area contributed by atoms with Crippen LogP contribution >= 0.6 is 11.8 Å². The molecule has 1 unspecified atom stereocenters. The van der Waals surface area contributed by atoms with Crippen molar-refractivity contribution in [2.45, 2.75) is 44.2 Å². The fraction of sp³-hybridized carbons (Fsp3) is 0.917. The van der Waals surface area contributed by atoms with Crippen molar-refractivity contribution in [3.63, 3.8) is 0 Å². The topological polar surface area (TPSA) is 52.6 Å². The molecule has 5 heteroatoms. The molecule has 1 amide bonds. The first kappa shape index (κ1) is 13.2. The van der Waals surface area contributed by atoms with Crippen LogP contribution in [0.5, 0.6) is 0 Å². The number of nitrogens with zero attached hydrogens (tertiary/aromatic N) is 1. The number of carbonyl (C=O) groups is 1. The molecule has 98 valence electrons. The van der Waals surface area contributed by atoms with Gasteiger partial charge >= 0.3 is 0 Å². The lowest BCUT2D eigenvalue weighted by Gasteiger charge is -2.35. The van der Waals surface area contributed by atoms with Crippen molar-refractivity contribution in [3.05, 3.63) is 0 Å². The van der Waals surface area contributed by atoms with Gasteiger partial charge in [0.25, 0.3) is 0 Å². The van der Waals surface area contributed by atoms with Crippen molar-refractivity contribution >= 4 is 17.7 Å². The molecule has 1 aliphatic heterocycles. The van der Waals surface area contributed by atoms with Crippen LogP contribution in [-0.4, -0.2) is 52.8 Å². The largest absolute Gasteiger partial charge is 0.395 e. The summed E-state index contributed by atoms with van der Waals surface area (Å²) in [6.45, 7) is 0.564. The number of hydrogen-bond donors (Lipinski definition) is 2. The highest BCUT2D eigenvalue weighted by atomic mass is 32.2. The second-order valence-corrected chi connectivity index (χ2v) is 5.85. The Morgan fingerprint density at radius 2 is 2.12 bits per heavy atom. The van der Waals surface area contributed by atoms with Crippen molar-refractivity contribution in [2.24, 2.45) is 0 Å². The van der Waals surface area contributed by atoms with E-state index in [9.17, 15) is 4.79 Å². The van der Waals surface area contributed by atoms with E-state index in [0.29, 0.717) is 12.6 Å². The molecular formula is C12H22N2O2S. The Labute approximate surface area is 107 Å². The summed E-state index contributed by atoms with van der Waals surface area (Å²) in [4.78, 5) is 14.3. The Morgan fingerprint density at radius 3 is 2.71 bits per heavy atom. The monoisotopic (exact) mass is 258 g/mol. The lowest BCUT2D eigenvalue weighted by atomic mass is 9.93. The first-order valence-electron chi connectivity index (χ1n) is 6.55. The van der Waals surface area contributed by atoms with Crippen LogP contribution in [0.4, 0.5) is 0 Å². The minimum absolute atomic E-state index is 0.0338. The summed E-state index contributed by atoms with van der Waals surface area (Å²) in [6.07, 6.45) is 5.92. The fourth-order valence-corrected chi connectivity index (χ4v) is 3.66. The standard InChI is InChI=1S/C12H22N2O2S/c15-7-6-14(10-4-2-1-3-5-10)12(16)11-8-17-9-13-11/h10-11,13,15H,1-9H2. The van der Waals surface area contributed by atoms with Crippen LogP contribution in [0.2, 0.25) is 0 Å². The van der Waals surface area contributed by atoms with Crippen LogP contribution in [0.3, 0.4) is 0 Å². The third kappa shape index (κ3) is 3.36. The predicted octanol–water partition coefficient (Wildman–Crippen LogP) is 0.802. The highest BCUT2D eigenvalue weighted by Gasteiger charge is 2.31. The molecule has 1 saturated carbocycles. The lowest BCUT2D eigenvalue weighted by molar-refractivity contribution is -0.136. The summed E-state index contributed by atoms with van der Waals surface area (Å²) in [5, 5.41) is 12.4. The van der Waals surface area contributed by atoms with Crippen LogP contribution in [0.15, 0.2) is 0 Å². The number of aliphatic hydroxyl groups excluding tert-OH is 1. The Morgan fingerprint density at radius 1 is 1.35 bits per heavy atom. The first-order valence-corrected chi connectivity index (χ1v) is 7.71. The minimum Gasteiger partial charge on any atom is -0.395 e.